The Morgan fingerprint density at radius 1 is 0.780 bits per heavy atom. The highest BCUT2D eigenvalue weighted by Gasteiger charge is 2.21. The Morgan fingerprint density at radius 2 is 1.30 bits per heavy atom. The first-order valence-electron chi connectivity index (χ1n) is 17.4. The summed E-state index contributed by atoms with van der Waals surface area (Å²) in [5.41, 5.74) is 16.2. The molecule has 0 amide bonds. The molecule has 50 heavy (non-hydrogen) atoms. The first-order chi connectivity index (χ1) is 24.0. The zero-order chi connectivity index (χ0) is 37.4. The Bertz CT molecular complexity index is 1460. The number of Topliss-reactive ketones (excluding diaryl/α,β-unsaturated/α-hetero) is 1. The Kier molecular flexibility index (Phi) is 21.2. The average Bonchev–Trinajstić information content (AvgIpc) is 3.16. The number of ketones is 1. The lowest BCUT2D eigenvalue weighted by atomic mass is 9.92. The first-order valence-corrected chi connectivity index (χ1v) is 17.4. The van der Waals surface area contributed by atoms with Crippen molar-refractivity contribution in [2.75, 3.05) is 13.2 Å². The molecule has 2 atom stereocenters. The number of allylic oxidation sites excluding steroid dienone is 3. The van der Waals surface area contributed by atoms with Gasteiger partial charge in [-0.15, -0.1) is 12.8 Å². The molecule has 1 aliphatic rings. The lowest BCUT2D eigenvalue weighted by Crippen LogP contribution is -2.36. The summed E-state index contributed by atoms with van der Waals surface area (Å²) in [7, 11) is 0. The number of rotatable bonds is 15. The van der Waals surface area contributed by atoms with Gasteiger partial charge in [-0.05, 0) is 91.0 Å². The molecule has 3 aromatic rings. The minimum atomic E-state index is -0.645. The first kappa shape index (κ1) is 43.4. The van der Waals surface area contributed by atoms with Crippen molar-refractivity contribution >= 4 is 11.8 Å². The third-order valence-electron chi connectivity index (χ3n) is 7.92. The molecule has 0 saturated carbocycles. The molecule has 4 rings (SSSR count). The van der Waals surface area contributed by atoms with E-state index in [1.807, 2.05) is 92.7 Å². The topological polar surface area (TPSA) is 114 Å². The lowest BCUT2D eigenvalue weighted by Gasteiger charge is -2.23. The molecule has 3 aromatic carbocycles. The van der Waals surface area contributed by atoms with Crippen LogP contribution in [0.1, 0.15) is 77.5 Å². The smallest absolute Gasteiger partial charge is 0.323 e. The number of terminal acetylenes is 1. The van der Waals surface area contributed by atoms with Crippen molar-refractivity contribution in [3.8, 4) is 24.3 Å². The van der Waals surface area contributed by atoms with Crippen LogP contribution in [0.2, 0.25) is 0 Å². The molecule has 0 spiro atoms. The van der Waals surface area contributed by atoms with Crippen LogP contribution >= 0.6 is 0 Å². The number of hydrogen-bond donors (Lipinski definition) is 2. The monoisotopic (exact) mass is 682 g/mol. The van der Waals surface area contributed by atoms with Crippen molar-refractivity contribution in [3.63, 3.8) is 0 Å². The molecule has 0 radical (unpaired) electrons. The summed E-state index contributed by atoms with van der Waals surface area (Å²) in [5, 5.41) is 0. The van der Waals surface area contributed by atoms with Gasteiger partial charge in [0.1, 0.15) is 36.5 Å². The molecule has 7 heteroatoms. The van der Waals surface area contributed by atoms with Crippen LogP contribution < -0.4 is 20.9 Å². The van der Waals surface area contributed by atoms with E-state index in [0.29, 0.717) is 32.7 Å². The molecular formula is C43H58N2O5. The van der Waals surface area contributed by atoms with Gasteiger partial charge in [0, 0.05) is 0 Å². The minimum Gasteiger partial charge on any atom is -0.489 e. The van der Waals surface area contributed by atoms with Crippen LogP contribution in [0, 0.1) is 18.3 Å². The molecule has 0 heterocycles. The van der Waals surface area contributed by atoms with E-state index in [-0.39, 0.29) is 17.2 Å². The van der Waals surface area contributed by atoms with Crippen LogP contribution in [-0.4, -0.2) is 37.0 Å². The number of hydrogen-bond acceptors (Lipinski definition) is 7. The quantitative estimate of drug-likeness (QED) is 0.123. The van der Waals surface area contributed by atoms with Crippen LogP contribution in [0.25, 0.3) is 0 Å². The Morgan fingerprint density at radius 3 is 1.78 bits per heavy atom. The van der Waals surface area contributed by atoms with E-state index in [2.05, 4.69) is 51.8 Å². The normalized spacial score (nSPS) is 12.9. The maximum absolute atomic E-state index is 12.1. The molecule has 0 aromatic heterocycles. The van der Waals surface area contributed by atoms with Gasteiger partial charge in [-0.2, -0.15) is 0 Å². The van der Waals surface area contributed by atoms with Gasteiger partial charge in [-0.25, -0.2) is 0 Å². The molecule has 7 nitrogen and oxygen atoms in total. The molecular weight excluding hydrogens is 624 g/mol. The summed E-state index contributed by atoms with van der Waals surface area (Å²) in [6.45, 7) is 13.3. The minimum absolute atomic E-state index is 0.00871. The van der Waals surface area contributed by atoms with Crippen molar-refractivity contribution in [3.05, 3.63) is 119 Å². The van der Waals surface area contributed by atoms with Crippen LogP contribution in [0.3, 0.4) is 0 Å². The average molecular weight is 683 g/mol. The van der Waals surface area contributed by atoms with Crippen LogP contribution in [0.4, 0.5) is 0 Å². The van der Waals surface area contributed by atoms with Crippen molar-refractivity contribution in [1.82, 2.24) is 0 Å². The number of ether oxygens (including phenoxy) is 3. The SMILES string of the molecule is C#C.CC.CC(=O)C(N)Cc1ccc(OCc2ccccc2)cc1.CCC(C)(C)COC(=O)C(N)Cc1ccc(OCC2=CC=CCC2)cc1. The molecule has 2 unspecified atom stereocenters. The highest BCUT2D eigenvalue weighted by molar-refractivity contribution is 5.81. The summed E-state index contributed by atoms with van der Waals surface area (Å²) in [6, 6.07) is 24.4. The van der Waals surface area contributed by atoms with Gasteiger partial charge >= 0.3 is 5.97 Å². The largest absolute Gasteiger partial charge is 0.489 e. The van der Waals surface area contributed by atoms with Gasteiger partial charge in [0.05, 0.1) is 12.6 Å². The molecule has 0 fully saturated rings. The zero-order valence-corrected chi connectivity index (χ0v) is 30.9. The number of benzene rings is 3. The predicted octanol–water partition coefficient (Wildman–Crippen LogP) is 8.19. The van der Waals surface area contributed by atoms with Crippen LogP contribution in [0.5, 0.6) is 11.5 Å². The number of nitrogens with two attached hydrogens (primary N) is 2. The maximum Gasteiger partial charge on any atom is 0.323 e. The van der Waals surface area contributed by atoms with Crippen LogP contribution in [0.15, 0.2) is 103 Å². The van der Waals surface area contributed by atoms with E-state index in [1.54, 1.807) is 0 Å². The van der Waals surface area contributed by atoms with E-state index in [0.717, 1.165) is 47.5 Å². The Hall–Kier alpha value is -4.64. The van der Waals surface area contributed by atoms with Gasteiger partial charge in [-0.1, -0.05) is 107 Å². The van der Waals surface area contributed by atoms with Gasteiger partial charge in [0.15, 0.2) is 0 Å². The second kappa shape index (κ2) is 24.5. The van der Waals surface area contributed by atoms with E-state index in [4.69, 9.17) is 25.7 Å². The van der Waals surface area contributed by atoms with Crippen molar-refractivity contribution in [2.45, 2.75) is 92.3 Å². The van der Waals surface area contributed by atoms with Gasteiger partial charge in [-0.3, -0.25) is 9.59 Å². The van der Waals surface area contributed by atoms with E-state index >= 15 is 0 Å². The van der Waals surface area contributed by atoms with Gasteiger partial charge in [0.25, 0.3) is 0 Å². The molecule has 1 aliphatic carbocycles. The zero-order valence-electron chi connectivity index (χ0n) is 30.9. The lowest BCUT2D eigenvalue weighted by molar-refractivity contribution is -0.148. The Balaban J connectivity index is 0.000000467. The second-order valence-electron chi connectivity index (χ2n) is 12.5. The molecule has 270 valence electrons. The highest BCUT2D eigenvalue weighted by Crippen LogP contribution is 2.21. The number of carbonyl (C=O) groups is 2. The van der Waals surface area contributed by atoms with E-state index < -0.39 is 12.1 Å². The van der Waals surface area contributed by atoms with Crippen molar-refractivity contribution < 1.29 is 23.8 Å². The summed E-state index contributed by atoms with van der Waals surface area (Å²) in [5.74, 6) is 1.30. The van der Waals surface area contributed by atoms with E-state index in [9.17, 15) is 9.59 Å². The summed E-state index contributed by atoms with van der Waals surface area (Å²) in [6.07, 6.45) is 18.5. The second-order valence-corrected chi connectivity index (χ2v) is 12.5. The van der Waals surface area contributed by atoms with Gasteiger partial charge in [0.2, 0.25) is 0 Å². The van der Waals surface area contributed by atoms with Gasteiger partial charge < -0.3 is 25.7 Å². The summed E-state index contributed by atoms with van der Waals surface area (Å²) in [4.78, 5) is 23.2. The predicted molar refractivity (Wildman–Crippen MR) is 206 cm³/mol. The van der Waals surface area contributed by atoms with Crippen LogP contribution in [-0.2, 0) is 33.8 Å². The molecule has 0 saturated heterocycles. The molecule has 4 N–H and O–H groups in total. The van der Waals surface area contributed by atoms with E-state index in [1.165, 1.54) is 12.5 Å². The third-order valence-corrected chi connectivity index (χ3v) is 7.92. The number of carbonyl (C=O) groups excluding carboxylic acids is 2. The Labute approximate surface area is 301 Å². The molecule has 0 aliphatic heterocycles. The third kappa shape index (κ3) is 17.7. The number of esters is 1. The molecule has 0 bridgehead atoms. The standard InChI is InChI=1S/C22H31NO3.C17H19NO2.C2H6.C2H2/c1-4-22(2,3)16-26-21(24)20(23)14-17-10-12-19(13-11-17)25-15-18-8-6-5-7-9-18;1-13(19)17(18)11-14-7-9-16(10-8-14)20-12-15-5-3-2-4-6-15;2*1-2/h5-6,8,10-13,20H,4,7,9,14-16,23H2,1-3H3;2-10,17H,11-12,18H2,1H3;1-2H3;1-2H. The fourth-order valence-electron chi connectivity index (χ4n) is 4.34. The summed E-state index contributed by atoms with van der Waals surface area (Å²) < 4.78 is 16.9. The highest BCUT2D eigenvalue weighted by atomic mass is 16.5. The van der Waals surface area contributed by atoms with Crippen molar-refractivity contribution in [2.24, 2.45) is 16.9 Å². The van der Waals surface area contributed by atoms with Crippen molar-refractivity contribution in [1.29, 1.82) is 0 Å². The fraction of sp³-hybridized carbons (Fsp3) is 0.395. The fourth-order valence-corrected chi connectivity index (χ4v) is 4.34. The maximum atomic E-state index is 12.1. The summed E-state index contributed by atoms with van der Waals surface area (Å²) >= 11 is 0.